The van der Waals surface area contributed by atoms with Crippen LogP contribution in [0.15, 0.2) is 48.5 Å². The van der Waals surface area contributed by atoms with Crippen molar-refractivity contribution in [3.8, 4) is 6.07 Å². The monoisotopic (exact) mass is 388 g/mol. The van der Waals surface area contributed by atoms with Crippen molar-refractivity contribution in [1.82, 2.24) is 10.2 Å². The van der Waals surface area contributed by atoms with Crippen molar-refractivity contribution in [1.29, 1.82) is 5.26 Å². The van der Waals surface area contributed by atoms with Crippen molar-refractivity contribution in [2.75, 3.05) is 31.1 Å². The normalized spacial score (nSPS) is 18.0. The van der Waals surface area contributed by atoms with Crippen LogP contribution in [0.3, 0.4) is 0 Å². The second-order valence-corrected chi connectivity index (χ2v) is 7.81. The topological polar surface area (TPSA) is 59.4 Å². The van der Waals surface area contributed by atoms with Crippen LogP contribution in [0.5, 0.6) is 0 Å². The summed E-state index contributed by atoms with van der Waals surface area (Å²) in [5, 5.41) is 12.4. The molecular formula is C24H28N4O. The summed E-state index contributed by atoms with van der Waals surface area (Å²) < 4.78 is 0. The number of amides is 1. The number of nitrogens with one attached hydrogen (secondary N) is 1. The number of carbonyl (C=O) groups excluding carboxylic acids is 1. The second-order valence-electron chi connectivity index (χ2n) is 7.81. The van der Waals surface area contributed by atoms with Crippen molar-refractivity contribution in [2.45, 2.75) is 38.1 Å². The summed E-state index contributed by atoms with van der Waals surface area (Å²) in [5.41, 5.74) is 5.37. The van der Waals surface area contributed by atoms with Gasteiger partial charge in [-0.1, -0.05) is 36.4 Å². The van der Waals surface area contributed by atoms with Crippen LogP contribution < -0.4 is 10.2 Å². The number of para-hydroxylation sites is 2. The summed E-state index contributed by atoms with van der Waals surface area (Å²) >= 11 is 0. The number of rotatable bonds is 6. The van der Waals surface area contributed by atoms with E-state index in [2.05, 4.69) is 64.8 Å². The Bertz CT molecular complexity index is 856. The van der Waals surface area contributed by atoms with Gasteiger partial charge in [0.1, 0.15) is 6.04 Å². The van der Waals surface area contributed by atoms with Gasteiger partial charge in [0.2, 0.25) is 5.91 Å². The van der Waals surface area contributed by atoms with Crippen molar-refractivity contribution < 1.29 is 4.79 Å². The fraction of sp³-hybridized carbons (Fsp3) is 0.417. The minimum Gasteiger partial charge on any atom is -0.341 e. The lowest BCUT2D eigenvalue weighted by Crippen LogP contribution is -2.41. The summed E-state index contributed by atoms with van der Waals surface area (Å²) in [6.07, 6.45) is 4.80. The fourth-order valence-electron chi connectivity index (χ4n) is 4.47. The number of benzene rings is 2. The van der Waals surface area contributed by atoms with E-state index in [9.17, 15) is 4.79 Å². The van der Waals surface area contributed by atoms with Gasteiger partial charge in [-0.2, -0.15) is 5.26 Å². The van der Waals surface area contributed by atoms with Crippen LogP contribution >= 0.6 is 0 Å². The lowest BCUT2D eigenvalue weighted by Gasteiger charge is -2.27. The number of hydrogen-bond acceptors (Lipinski definition) is 4. The third kappa shape index (κ3) is 4.28. The Morgan fingerprint density at radius 2 is 1.72 bits per heavy atom. The molecule has 5 nitrogen and oxygen atoms in total. The first-order valence-electron chi connectivity index (χ1n) is 10.6. The predicted octanol–water partition coefficient (Wildman–Crippen LogP) is 3.42. The Kier molecular flexibility index (Phi) is 6.12. The summed E-state index contributed by atoms with van der Waals surface area (Å²) in [6, 6.07) is 19.3. The van der Waals surface area contributed by atoms with Gasteiger partial charge in [-0.25, -0.2) is 0 Å². The predicted molar refractivity (Wildman–Crippen MR) is 115 cm³/mol. The Balaban J connectivity index is 1.35. The highest BCUT2D eigenvalue weighted by molar-refractivity contribution is 5.79. The van der Waals surface area contributed by atoms with Crippen LogP contribution in [0.4, 0.5) is 11.4 Å². The Hall–Kier alpha value is -2.84. The molecule has 0 unspecified atom stereocenters. The highest BCUT2D eigenvalue weighted by Gasteiger charge is 2.27. The molecule has 5 heteroatoms. The molecule has 1 N–H and O–H groups in total. The van der Waals surface area contributed by atoms with Crippen molar-refractivity contribution in [2.24, 2.45) is 0 Å². The maximum Gasteiger partial charge on any atom is 0.237 e. The smallest absolute Gasteiger partial charge is 0.237 e. The Morgan fingerprint density at radius 1 is 1.07 bits per heavy atom. The van der Waals surface area contributed by atoms with Gasteiger partial charge < -0.3 is 15.1 Å². The van der Waals surface area contributed by atoms with Gasteiger partial charge in [-0.15, -0.1) is 0 Å². The number of aryl methyl sites for hydroxylation is 2. The molecule has 2 aromatic carbocycles. The highest BCUT2D eigenvalue weighted by Crippen LogP contribution is 2.35. The maximum absolute atomic E-state index is 12.4. The molecule has 0 aliphatic carbocycles. The first-order valence-corrected chi connectivity index (χ1v) is 10.6. The molecule has 1 saturated heterocycles. The fourth-order valence-corrected chi connectivity index (χ4v) is 4.47. The number of hydrogen-bond donors (Lipinski definition) is 1. The molecule has 2 aromatic rings. The standard InChI is InChI=1S/C24H28N4O/c25-17-21-9-5-15-27(21)24(29)18-26-14-6-16-28-22-10-3-1-7-19(22)12-13-20-8-2-4-11-23(20)28/h1-4,7-8,10-11,21,26H,5-6,9,12-16,18H2/t21-/m0/s1. The molecule has 0 aromatic heterocycles. The van der Waals surface area contributed by atoms with E-state index in [4.69, 9.17) is 5.26 Å². The minimum atomic E-state index is -0.241. The molecular weight excluding hydrogens is 360 g/mol. The molecule has 29 heavy (non-hydrogen) atoms. The van der Waals surface area contributed by atoms with Crippen LogP contribution in [-0.2, 0) is 17.6 Å². The number of fused-ring (bicyclic) bond motifs is 2. The van der Waals surface area contributed by atoms with Crippen LogP contribution in [-0.4, -0.2) is 43.0 Å². The molecule has 2 aliphatic rings. The highest BCUT2D eigenvalue weighted by atomic mass is 16.2. The zero-order valence-electron chi connectivity index (χ0n) is 16.8. The summed E-state index contributed by atoms with van der Waals surface area (Å²) in [5.74, 6) is 0.0412. The van der Waals surface area contributed by atoms with Crippen LogP contribution in [0, 0.1) is 11.3 Å². The van der Waals surface area contributed by atoms with Crippen molar-refractivity contribution in [3.05, 3.63) is 59.7 Å². The van der Waals surface area contributed by atoms with E-state index in [0.717, 1.165) is 45.2 Å². The van der Waals surface area contributed by atoms with E-state index in [-0.39, 0.29) is 11.9 Å². The molecule has 1 atom stereocenters. The molecule has 150 valence electrons. The number of likely N-dealkylation sites (tertiary alicyclic amines) is 1. The molecule has 1 amide bonds. The van der Waals surface area contributed by atoms with Crippen molar-refractivity contribution >= 4 is 17.3 Å². The third-order valence-electron chi connectivity index (χ3n) is 5.96. The first kappa shape index (κ1) is 19.5. The van der Waals surface area contributed by atoms with E-state index < -0.39 is 0 Å². The Morgan fingerprint density at radius 3 is 2.38 bits per heavy atom. The SMILES string of the molecule is N#C[C@@H]1CCCN1C(=O)CNCCCN1c2ccccc2CCc2ccccc21. The molecule has 0 spiro atoms. The van der Waals surface area contributed by atoms with E-state index in [1.54, 1.807) is 4.90 Å². The van der Waals surface area contributed by atoms with Gasteiger partial charge in [0.15, 0.2) is 0 Å². The van der Waals surface area contributed by atoms with E-state index in [1.807, 2.05) is 0 Å². The van der Waals surface area contributed by atoms with Crippen molar-refractivity contribution in [3.63, 3.8) is 0 Å². The number of anilines is 2. The van der Waals surface area contributed by atoms with E-state index in [1.165, 1.54) is 22.5 Å². The van der Waals surface area contributed by atoms with Gasteiger partial charge in [0.25, 0.3) is 0 Å². The molecule has 1 fully saturated rings. The second kappa shape index (κ2) is 9.11. The first-order chi connectivity index (χ1) is 14.3. The van der Waals surface area contributed by atoms with Crippen LogP contribution in [0.2, 0.25) is 0 Å². The lowest BCUT2D eigenvalue weighted by molar-refractivity contribution is -0.130. The Labute approximate surface area is 172 Å². The zero-order chi connectivity index (χ0) is 20.1. The minimum absolute atomic E-state index is 0.0412. The average molecular weight is 389 g/mol. The molecule has 2 heterocycles. The van der Waals surface area contributed by atoms with Gasteiger partial charge in [-0.3, -0.25) is 4.79 Å². The summed E-state index contributed by atoms with van der Waals surface area (Å²) in [7, 11) is 0. The van der Waals surface area contributed by atoms with Gasteiger partial charge in [-0.05, 0) is 61.9 Å². The zero-order valence-corrected chi connectivity index (χ0v) is 16.8. The largest absolute Gasteiger partial charge is 0.341 e. The number of carbonyl (C=O) groups is 1. The number of nitriles is 1. The number of nitrogens with zero attached hydrogens (tertiary/aromatic N) is 3. The summed E-state index contributed by atoms with van der Waals surface area (Å²) in [6.45, 7) is 2.70. The molecule has 4 rings (SSSR count). The molecule has 0 radical (unpaired) electrons. The third-order valence-corrected chi connectivity index (χ3v) is 5.96. The molecule has 0 bridgehead atoms. The van der Waals surface area contributed by atoms with Crippen LogP contribution in [0.1, 0.15) is 30.4 Å². The summed E-state index contributed by atoms with van der Waals surface area (Å²) in [4.78, 5) is 16.5. The van der Waals surface area contributed by atoms with E-state index in [0.29, 0.717) is 13.1 Å². The van der Waals surface area contributed by atoms with Crippen LogP contribution in [0.25, 0.3) is 0 Å². The molecule has 2 aliphatic heterocycles. The van der Waals surface area contributed by atoms with Gasteiger partial charge >= 0.3 is 0 Å². The van der Waals surface area contributed by atoms with Gasteiger partial charge in [0.05, 0.1) is 12.6 Å². The quantitative estimate of drug-likeness (QED) is 0.771. The molecule has 0 saturated carbocycles. The maximum atomic E-state index is 12.4. The lowest BCUT2D eigenvalue weighted by atomic mass is 10.0. The van der Waals surface area contributed by atoms with E-state index >= 15 is 0 Å². The van der Waals surface area contributed by atoms with Gasteiger partial charge in [0, 0.05) is 24.5 Å². The average Bonchev–Trinajstić information content (AvgIpc) is 3.18.